The molecule has 4 nitrogen and oxygen atoms in total. The highest BCUT2D eigenvalue weighted by Gasteiger charge is 2.10. The van der Waals surface area contributed by atoms with Crippen LogP contribution in [0.3, 0.4) is 0 Å². The summed E-state index contributed by atoms with van der Waals surface area (Å²) in [5, 5.41) is 0. The van der Waals surface area contributed by atoms with Crippen molar-refractivity contribution in [3.63, 3.8) is 0 Å². The SMILES string of the molecule is CCc1ccc(N(C)c2ccc(C(N)=O)cc2N)cc1. The first-order chi connectivity index (χ1) is 9.52. The van der Waals surface area contributed by atoms with E-state index in [0.717, 1.165) is 17.8 Å². The van der Waals surface area contributed by atoms with E-state index in [2.05, 4.69) is 31.2 Å². The van der Waals surface area contributed by atoms with Crippen molar-refractivity contribution in [1.82, 2.24) is 0 Å². The fourth-order valence-electron chi connectivity index (χ4n) is 2.11. The highest BCUT2D eigenvalue weighted by molar-refractivity contribution is 5.95. The number of hydrogen-bond acceptors (Lipinski definition) is 3. The Kier molecular flexibility index (Phi) is 3.94. The minimum Gasteiger partial charge on any atom is -0.397 e. The maximum atomic E-state index is 11.1. The zero-order valence-electron chi connectivity index (χ0n) is 11.8. The molecular weight excluding hydrogens is 250 g/mol. The molecule has 2 aromatic carbocycles. The first-order valence-corrected chi connectivity index (χ1v) is 6.55. The van der Waals surface area contributed by atoms with Crippen LogP contribution in [-0.2, 0) is 6.42 Å². The molecule has 0 aliphatic heterocycles. The van der Waals surface area contributed by atoms with E-state index in [1.54, 1.807) is 12.1 Å². The van der Waals surface area contributed by atoms with Gasteiger partial charge < -0.3 is 16.4 Å². The number of carbonyl (C=O) groups excluding carboxylic acids is 1. The molecule has 0 spiro atoms. The number of nitrogens with two attached hydrogens (primary N) is 2. The Bertz CT molecular complexity index is 620. The lowest BCUT2D eigenvalue weighted by Gasteiger charge is -2.21. The van der Waals surface area contributed by atoms with Crippen LogP contribution in [0.2, 0.25) is 0 Å². The smallest absolute Gasteiger partial charge is 0.248 e. The lowest BCUT2D eigenvalue weighted by atomic mass is 10.1. The van der Waals surface area contributed by atoms with E-state index < -0.39 is 5.91 Å². The van der Waals surface area contributed by atoms with Crippen LogP contribution in [0, 0.1) is 0 Å². The van der Waals surface area contributed by atoms with Crippen LogP contribution >= 0.6 is 0 Å². The Morgan fingerprint density at radius 1 is 1.15 bits per heavy atom. The maximum Gasteiger partial charge on any atom is 0.248 e. The van der Waals surface area contributed by atoms with Crippen LogP contribution in [0.4, 0.5) is 17.1 Å². The van der Waals surface area contributed by atoms with Gasteiger partial charge in [-0.3, -0.25) is 4.79 Å². The molecule has 0 saturated carbocycles. The average molecular weight is 269 g/mol. The summed E-state index contributed by atoms with van der Waals surface area (Å²) in [4.78, 5) is 13.1. The van der Waals surface area contributed by atoms with Gasteiger partial charge in [0.2, 0.25) is 5.91 Å². The van der Waals surface area contributed by atoms with E-state index in [9.17, 15) is 4.79 Å². The largest absolute Gasteiger partial charge is 0.397 e. The van der Waals surface area contributed by atoms with Crippen LogP contribution in [0.15, 0.2) is 42.5 Å². The zero-order chi connectivity index (χ0) is 14.7. The number of carbonyl (C=O) groups is 1. The highest BCUT2D eigenvalue weighted by atomic mass is 16.1. The van der Waals surface area contributed by atoms with Gasteiger partial charge in [-0.25, -0.2) is 0 Å². The second-order valence-electron chi connectivity index (χ2n) is 4.72. The lowest BCUT2D eigenvalue weighted by molar-refractivity contribution is 0.100. The van der Waals surface area contributed by atoms with E-state index in [-0.39, 0.29) is 0 Å². The number of primary amides is 1. The van der Waals surface area contributed by atoms with Crippen molar-refractivity contribution in [2.24, 2.45) is 5.73 Å². The number of aryl methyl sites for hydroxylation is 1. The Balaban J connectivity index is 2.32. The molecule has 4 heteroatoms. The first kappa shape index (κ1) is 13.9. The standard InChI is InChI=1S/C16H19N3O/c1-3-11-4-7-13(8-5-11)19(2)15-9-6-12(16(18)20)10-14(15)17/h4-10H,3,17H2,1-2H3,(H2,18,20). The fraction of sp³-hybridized carbons (Fsp3) is 0.188. The van der Waals surface area contributed by atoms with Gasteiger partial charge in [-0.1, -0.05) is 19.1 Å². The van der Waals surface area contributed by atoms with Crippen LogP contribution in [0.1, 0.15) is 22.8 Å². The monoisotopic (exact) mass is 269 g/mol. The maximum absolute atomic E-state index is 11.1. The summed E-state index contributed by atoms with van der Waals surface area (Å²) < 4.78 is 0. The third kappa shape index (κ3) is 2.74. The molecule has 0 atom stereocenters. The molecule has 0 aliphatic rings. The summed E-state index contributed by atoms with van der Waals surface area (Å²) in [5.74, 6) is -0.474. The number of benzene rings is 2. The summed E-state index contributed by atoms with van der Waals surface area (Å²) in [5.41, 5.74) is 15.4. The van der Waals surface area contributed by atoms with Gasteiger partial charge in [0.15, 0.2) is 0 Å². The molecule has 0 bridgehead atoms. The molecule has 0 radical (unpaired) electrons. The Hall–Kier alpha value is -2.49. The first-order valence-electron chi connectivity index (χ1n) is 6.55. The summed E-state index contributed by atoms with van der Waals surface area (Å²) in [6.07, 6.45) is 1.01. The van der Waals surface area contributed by atoms with E-state index in [4.69, 9.17) is 11.5 Å². The van der Waals surface area contributed by atoms with E-state index in [1.807, 2.05) is 18.0 Å². The zero-order valence-corrected chi connectivity index (χ0v) is 11.8. The summed E-state index contributed by atoms with van der Waals surface area (Å²) in [6.45, 7) is 2.12. The Morgan fingerprint density at radius 2 is 1.80 bits per heavy atom. The third-order valence-corrected chi connectivity index (χ3v) is 3.41. The molecule has 2 aromatic rings. The van der Waals surface area contributed by atoms with Crippen LogP contribution in [-0.4, -0.2) is 13.0 Å². The number of amides is 1. The summed E-state index contributed by atoms with van der Waals surface area (Å²) in [7, 11) is 1.94. The quantitative estimate of drug-likeness (QED) is 0.838. The van der Waals surface area contributed by atoms with Crippen molar-refractivity contribution in [2.45, 2.75) is 13.3 Å². The normalized spacial score (nSPS) is 10.3. The molecule has 0 saturated heterocycles. The van der Waals surface area contributed by atoms with Gasteiger partial charge in [-0.2, -0.15) is 0 Å². The van der Waals surface area contributed by atoms with E-state index in [1.165, 1.54) is 5.56 Å². The molecule has 0 heterocycles. The molecular formula is C16H19N3O. The minimum atomic E-state index is -0.474. The number of anilines is 3. The molecule has 0 aromatic heterocycles. The van der Waals surface area contributed by atoms with Crippen molar-refractivity contribution in [3.8, 4) is 0 Å². The summed E-state index contributed by atoms with van der Waals surface area (Å²) in [6, 6.07) is 13.4. The Labute approximate surface area is 119 Å². The van der Waals surface area contributed by atoms with Gasteiger partial charge in [0.05, 0.1) is 11.4 Å². The van der Waals surface area contributed by atoms with Gasteiger partial charge in [0.25, 0.3) is 0 Å². The molecule has 0 unspecified atom stereocenters. The van der Waals surface area contributed by atoms with Gasteiger partial charge in [0.1, 0.15) is 0 Å². The van der Waals surface area contributed by atoms with Gasteiger partial charge in [-0.05, 0) is 42.3 Å². The van der Waals surface area contributed by atoms with Crippen molar-refractivity contribution in [3.05, 3.63) is 53.6 Å². The average Bonchev–Trinajstić information content (AvgIpc) is 2.46. The molecule has 20 heavy (non-hydrogen) atoms. The van der Waals surface area contributed by atoms with E-state index in [0.29, 0.717) is 11.3 Å². The molecule has 0 aliphatic carbocycles. The lowest BCUT2D eigenvalue weighted by Crippen LogP contribution is -2.14. The topological polar surface area (TPSA) is 72.3 Å². The number of rotatable bonds is 4. The second-order valence-corrected chi connectivity index (χ2v) is 4.72. The molecule has 0 fully saturated rings. The Morgan fingerprint density at radius 3 is 2.30 bits per heavy atom. The number of nitrogen functional groups attached to an aromatic ring is 1. The van der Waals surface area contributed by atoms with Gasteiger partial charge >= 0.3 is 0 Å². The predicted molar refractivity (Wildman–Crippen MR) is 83.3 cm³/mol. The number of hydrogen-bond donors (Lipinski definition) is 2. The number of nitrogens with zero attached hydrogens (tertiary/aromatic N) is 1. The minimum absolute atomic E-state index is 0.418. The fourth-order valence-corrected chi connectivity index (χ4v) is 2.11. The second kappa shape index (κ2) is 5.65. The van der Waals surface area contributed by atoms with Crippen LogP contribution in [0.5, 0.6) is 0 Å². The van der Waals surface area contributed by atoms with E-state index >= 15 is 0 Å². The third-order valence-electron chi connectivity index (χ3n) is 3.41. The molecule has 4 N–H and O–H groups in total. The van der Waals surface area contributed by atoms with Crippen molar-refractivity contribution < 1.29 is 4.79 Å². The highest BCUT2D eigenvalue weighted by Crippen LogP contribution is 2.29. The van der Waals surface area contributed by atoms with Crippen molar-refractivity contribution >= 4 is 23.0 Å². The van der Waals surface area contributed by atoms with Gasteiger partial charge in [-0.15, -0.1) is 0 Å². The van der Waals surface area contributed by atoms with Gasteiger partial charge in [0, 0.05) is 18.3 Å². The molecule has 104 valence electrons. The van der Waals surface area contributed by atoms with Crippen LogP contribution in [0.25, 0.3) is 0 Å². The van der Waals surface area contributed by atoms with Crippen molar-refractivity contribution in [1.29, 1.82) is 0 Å². The van der Waals surface area contributed by atoms with Crippen LogP contribution < -0.4 is 16.4 Å². The molecule has 2 rings (SSSR count). The summed E-state index contributed by atoms with van der Waals surface area (Å²) >= 11 is 0. The molecule has 1 amide bonds. The van der Waals surface area contributed by atoms with Crippen molar-refractivity contribution in [2.75, 3.05) is 17.7 Å². The predicted octanol–water partition coefficient (Wildman–Crippen LogP) is 2.70.